The fourth-order valence-corrected chi connectivity index (χ4v) is 2.00. The average Bonchev–Trinajstić information content (AvgIpc) is 2.57. The van der Waals surface area contributed by atoms with E-state index in [4.69, 9.17) is 11.6 Å². The Morgan fingerprint density at radius 3 is 2.81 bits per heavy atom. The summed E-state index contributed by atoms with van der Waals surface area (Å²) >= 11 is 5.67. The molecule has 0 saturated heterocycles. The number of rotatable bonds is 4. The standard InChI is InChI=1S/C11H14ClN3O/c1-15(5-4-12)7-8-2-3-9-10(6-8)14-11(16)13-9/h2-3,6H,4-5,7H2,1H3,(H2,13,14,16). The molecule has 0 atom stereocenters. The lowest BCUT2D eigenvalue weighted by Gasteiger charge is -2.14. The van der Waals surface area contributed by atoms with Gasteiger partial charge in [0.1, 0.15) is 0 Å². The summed E-state index contributed by atoms with van der Waals surface area (Å²) in [6.07, 6.45) is 0. The molecule has 4 nitrogen and oxygen atoms in total. The zero-order chi connectivity index (χ0) is 11.5. The number of nitrogens with zero attached hydrogens (tertiary/aromatic N) is 1. The first kappa shape index (κ1) is 11.2. The first-order chi connectivity index (χ1) is 7.69. The molecule has 0 unspecified atom stereocenters. The highest BCUT2D eigenvalue weighted by Gasteiger charge is 2.02. The third kappa shape index (κ3) is 2.46. The summed E-state index contributed by atoms with van der Waals surface area (Å²) in [6, 6.07) is 5.91. The van der Waals surface area contributed by atoms with Crippen molar-refractivity contribution in [1.82, 2.24) is 14.9 Å². The smallest absolute Gasteiger partial charge is 0.306 e. The van der Waals surface area contributed by atoms with Gasteiger partial charge in [0.2, 0.25) is 0 Å². The van der Waals surface area contributed by atoms with E-state index < -0.39 is 0 Å². The number of aromatic amines is 2. The molecule has 1 aromatic heterocycles. The fourth-order valence-electron chi connectivity index (χ4n) is 1.71. The van der Waals surface area contributed by atoms with Gasteiger partial charge in [0.25, 0.3) is 0 Å². The molecule has 0 spiro atoms. The van der Waals surface area contributed by atoms with Crippen molar-refractivity contribution in [3.8, 4) is 0 Å². The molecule has 0 saturated carbocycles. The Morgan fingerprint density at radius 2 is 2.06 bits per heavy atom. The van der Waals surface area contributed by atoms with E-state index in [2.05, 4.69) is 14.9 Å². The number of hydrogen-bond acceptors (Lipinski definition) is 2. The van der Waals surface area contributed by atoms with E-state index in [-0.39, 0.29) is 5.69 Å². The molecular formula is C11H14ClN3O. The Morgan fingerprint density at radius 1 is 1.31 bits per heavy atom. The van der Waals surface area contributed by atoms with E-state index >= 15 is 0 Å². The molecule has 0 radical (unpaired) electrons. The van der Waals surface area contributed by atoms with Crippen molar-refractivity contribution in [2.75, 3.05) is 19.5 Å². The minimum atomic E-state index is -0.165. The van der Waals surface area contributed by atoms with Gasteiger partial charge in [-0.05, 0) is 24.7 Å². The predicted octanol–water partition coefficient (Wildman–Crippen LogP) is 1.53. The van der Waals surface area contributed by atoms with Crippen LogP contribution in [-0.4, -0.2) is 34.3 Å². The Bertz CT molecular complexity index is 531. The molecular weight excluding hydrogens is 226 g/mol. The monoisotopic (exact) mass is 239 g/mol. The summed E-state index contributed by atoms with van der Waals surface area (Å²) in [5.41, 5.74) is 2.69. The zero-order valence-corrected chi connectivity index (χ0v) is 9.84. The van der Waals surface area contributed by atoms with Crippen LogP contribution in [0.1, 0.15) is 5.56 Å². The van der Waals surface area contributed by atoms with Gasteiger partial charge < -0.3 is 14.9 Å². The van der Waals surface area contributed by atoms with E-state index in [1.165, 1.54) is 0 Å². The van der Waals surface area contributed by atoms with E-state index in [1.807, 2.05) is 25.2 Å². The average molecular weight is 240 g/mol. The summed E-state index contributed by atoms with van der Waals surface area (Å²) in [6.45, 7) is 1.68. The first-order valence-corrected chi connectivity index (χ1v) is 5.68. The number of benzene rings is 1. The second kappa shape index (κ2) is 4.72. The maximum Gasteiger partial charge on any atom is 0.323 e. The largest absolute Gasteiger partial charge is 0.323 e. The molecule has 86 valence electrons. The quantitative estimate of drug-likeness (QED) is 0.795. The van der Waals surface area contributed by atoms with Crippen molar-refractivity contribution in [2.45, 2.75) is 6.54 Å². The van der Waals surface area contributed by atoms with Gasteiger partial charge in [-0.2, -0.15) is 0 Å². The highest BCUT2D eigenvalue weighted by Crippen LogP contribution is 2.11. The van der Waals surface area contributed by atoms with Crippen LogP contribution in [-0.2, 0) is 6.54 Å². The van der Waals surface area contributed by atoms with Crippen molar-refractivity contribution >= 4 is 22.6 Å². The third-order valence-corrected chi connectivity index (χ3v) is 2.67. The second-order valence-electron chi connectivity index (χ2n) is 3.89. The van der Waals surface area contributed by atoms with Crippen molar-refractivity contribution < 1.29 is 0 Å². The summed E-state index contributed by atoms with van der Waals surface area (Å²) < 4.78 is 0. The number of hydrogen-bond donors (Lipinski definition) is 2. The van der Waals surface area contributed by atoms with Crippen LogP contribution in [0.2, 0.25) is 0 Å². The molecule has 1 heterocycles. The number of nitrogens with one attached hydrogen (secondary N) is 2. The lowest BCUT2D eigenvalue weighted by Crippen LogP contribution is -2.19. The van der Waals surface area contributed by atoms with Gasteiger partial charge in [-0.15, -0.1) is 11.6 Å². The Balaban J connectivity index is 2.22. The van der Waals surface area contributed by atoms with Crippen LogP contribution in [0.4, 0.5) is 0 Å². The minimum absolute atomic E-state index is 0.165. The van der Waals surface area contributed by atoms with E-state index in [0.29, 0.717) is 5.88 Å². The Kier molecular flexibility index (Phi) is 3.31. The van der Waals surface area contributed by atoms with Crippen molar-refractivity contribution in [2.24, 2.45) is 0 Å². The van der Waals surface area contributed by atoms with Crippen LogP contribution in [0, 0.1) is 0 Å². The number of imidazole rings is 1. The normalized spacial score (nSPS) is 11.4. The summed E-state index contributed by atoms with van der Waals surface area (Å²) in [7, 11) is 2.02. The van der Waals surface area contributed by atoms with E-state index in [9.17, 15) is 4.79 Å². The molecule has 0 aliphatic heterocycles. The molecule has 2 aromatic rings. The summed E-state index contributed by atoms with van der Waals surface area (Å²) in [5.74, 6) is 0.625. The lowest BCUT2D eigenvalue weighted by atomic mass is 10.2. The van der Waals surface area contributed by atoms with Gasteiger partial charge in [-0.25, -0.2) is 4.79 Å². The lowest BCUT2D eigenvalue weighted by molar-refractivity contribution is 0.348. The number of H-pyrrole nitrogens is 2. The minimum Gasteiger partial charge on any atom is -0.306 e. The first-order valence-electron chi connectivity index (χ1n) is 5.14. The molecule has 1 aromatic carbocycles. The molecule has 0 amide bonds. The fraction of sp³-hybridized carbons (Fsp3) is 0.364. The van der Waals surface area contributed by atoms with Gasteiger partial charge in [-0.3, -0.25) is 0 Å². The van der Waals surface area contributed by atoms with Crippen LogP contribution in [0.25, 0.3) is 11.0 Å². The third-order valence-electron chi connectivity index (χ3n) is 2.50. The SMILES string of the molecule is CN(CCCl)Cc1ccc2[nH]c(=O)[nH]c2c1. The Labute approximate surface area is 98.2 Å². The number of aromatic nitrogens is 2. The van der Waals surface area contributed by atoms with Crippen LogP contribution >= 0.6 is 11.6 Å². The molecule has 0 aliphatic rings. The van der Waals surface area contributed by atoms with Gasteiger partial charge in [0.05, 0.1) is 11.0 Å². The molecule has 16 heavy (non-hydrogen) atoms. The van der Waals surface area contributed by atoms with Gasteiger partial charge in [0, 0.05) is 19.0 Å². The molecule has 0 bridgehead atoms. The van der Waals surface area contributed by atoms with Crippen LogP contribution in [0.5, 0.6) is 0 Å². The van der Waals surface area contributed by atoms with Crippen molar-refractivity contribution in [3.05, 3.63) is 34.2 Å². The molecule has 2 rings (SSSR count). The van der Waals surface area contributed by atoms with Gasteiger partial charge >= 0.3 is 5.69 Å². The zero-order valence-electron chi connectivity index (χ0n) is 9.09. The summed E-state index contributed by atoms with van der Waals surface area (Å²) in [4.78, 5) is 18.7. The highest BCUT2D eigenvalue weighted by molar-refractivity contribution is 6.18. The van der Waals surface area contributed by atoms with Crippen molar-refractivity contribution in [1.29, 1.82) is 0 Å². The Hall–Kier alpha value is -1.26. The predicted molar refractivity (Wildman–Crippen MR) is 66.0 cm³/mol. The van der Waals surface area contributed by atoms with Gasteiger partial charge in [0.15, 0.2) is 0 Å². The van der Waals surface area contributed by atoms with Crippen LogP contribution in [0.15, 0.2) is 23.0 Å². The topological polar surface area (TPSA) is 51.9 Å². The van der Waals surface area contributed by atoms with Gasteiger partial charge in [-0.1, -0.05) is 6.07 Å². The maximum absolute atomic E-state index is 11.1. The van der Waals surface area contributed by atoms with E-state index in [0.717, 1.165) is 29.7 Å². The summed E-state index contributed by atoms with van der Waals surface area (Å²) in [5, 5.41) is 0. The maximum atomic E-state index is 11.1. The molecule has 0 aliphatic carbocycles. The van der Waals surface area contributed by atoms with Crippen LogP contribution < -0.4 is 5.69 Å². The number of fused-ring (bicyclic) bond motifs is 1. The number of alkyl halides is 1. The number of halogens is 1. The highest BCUT2D eigenvalue weighted by atomic mass is 35.5. The second-order valence-corrected chi connectivity index (χ2v) is 4.26. The van der Waals surface area contributed by atoms with Crippen molar-refractivity contribution in [3.63, 3.8) is 0 Å². The van der Waals surface area contributed by atoms with Crippen LogP contribution in [0.3, 0.4) is 0 Å². The molecule has 5 heteroatoms. The molecule has 0 fully saturated rings. The molecule has 2 N–H and O–H groups in total. The van der Waals surface area contributed by atoms with E-state index in [1.54, 1.807) is 0 Å².